The first-order chi connectivity index (χ1) is 7.81. The fraction of sp³-hybridized carbons (Fsp3) is 0.417. The second kappa shape index (κ2) is 4.43. The van der Waals surface area contributed by atoms with E-state index >= 15 is 0 Å². The first-order valence-electron chi connectivity index (χ1n) is 5.23. The van der Waals surface area contributed by atoms with Crippen LogP contribution < -0.4 is 9.47 Å². The third-order valence-corrected chi connectivity index (χ3v) is 3.04. The van der Waals surface area contributed by atoms with E-state index in [0.29, 0.717) is 0 Å². The van der Waals surface area contributed by atoms with Crippen LogP contribution in [-0.4, -0.2) is 25.6 Å². The largest absolute Gasteiger partial charge is 0.496 e. The Hall–Kier alpha value is -1.71. The second-order valence-corrected chi connectivity index (χ2v) is 3.77. The number of fused-ring (bicyclic) bond motifs is 1. The van der Waals surface area contributed by atoms with E-state index in [1.54, 1.807) is 20.4 Å². The molecule has 0 radical (unpaired) electrons. The maximum absolute atomic E-state index is 8.64. The van der Waals surface area contributed by atoms with Crippen LogP contribution in [0.4, 0.5) is 0 Å². The summed E-state index contributed by atoms with van der Waals surface area (Å²) in [5.41, 5.74) is 2.24. The highest BCUT2D eigenvalue weighted by Crippen LogP contribution is 2.43. The van der Waals surface area contributed by atoms with Crippen molar-refractivity contribution in [2.45, 2.75) is 18.8 Å². The Morgan fingerprint density at radius 2 is 2.00 bits per heavy atom. The van der Waals surface area contributed by atoms with Gasteiger partial charge in [-0.15, -0.1) is 5.16 Å². The Morgan fingerprint density at radius 3 is 2.62 bits per heavy atom. The van der Waals surface area contributed by atoms with Gasteiger partial charge < -0.3 is 14.7 Å². The molecule has 0 aliphatic heterocycles. The molecule has 0 fully saturated rings. The lowest BCUT2D eigenvalue weighted by atomic mass is 10.0. The smallest absolute Gasteiger partial charge is 0.123 e. The standard InChI is InChI=1S/C12H15NO3/c1-15-10-5-6-11(16-2)12-8(7-13-14)3-4-9(10)12/h5-8,14H,3-4H2,1-2H3. The van der Waals surface area contributed by atoms with E-state index in [2.05, 4.69) is 5.16 Å². The maximum atomic E-state index is 8.64. The quantitative estimate of drug-likeness (QED) is 0.483. The van der Waals surface area contributed by atoms with Gasteiger partial charge in [0.15, 0.2) is 0 Å². The summed E-state index contributed by atoms with van der Waals surface area (Å²) in [6.07, 6.45) is 3.40. The maximum Gasteiger partial charge on any atom is 0.123 e. The summed E-state index contributed by atoms with van der Waals surface area (Å²) in [5, 5.41) is 11.8. The van der Waals surface area contributed by atoms with Crippen LogP contribution in [0.1, 0.15) is 23.5 Å². The zero-order chi connectivity index (χ0) is 11.5. The van der Waals surface area contributed by atoms with Crippen molar-refractivity contribution >= 4 is 6.21 Å². The Balaban J connectivity index is 2.52. The van der Waals surface area contributed by atoms with Crippen molar-refractivity contribution < 1.29 is 14.7 Å². The normalized spacial score (nSPS) is 18.8. The van der Waals surface area contributed by atoms with E-state index in [-0.39, 0.29) is 5.92 Å². The molecule has 2 rings (SSSR count). The predicted molar refractivity (Wildman–Crippen MR) is 60.9 cm³/mol. The number of methoxy groups -OCH3 is 2. The molecule has 0 aromatic heterocycles. The molecule has 0 saturated heterocycles. The number of ether oxygens (including phenoxy) is 2. The molecule has 16 heavy (non-hydrogen) atoms. The van der Waals surface area contributed by atoms with Gasteiger partial charge in [-0.1, -0.05) is 0 Å². The summed E-state index contributed by atoms with van der Waals surface area (Å²) in [7, 11) is 3.31. The Morgan fingerprint density at radius 1 is 1.31 bits per heavy atom. The van der Waals surface area contributed by atoms with Crippen LogP contribution in [0, 0.1) is 0 Å². The minimum Gasteiger partial charge on any atom is -0.496 e. The molecule has 0 bridgehead atoms. The van der Waals surface area contributed by atoms with E-state index in [0.717, 1.165) is 35.5 Å². The van der Waals surface area contributed by atoms with Crippen molar-refractivity contribution in [3.8, 4) is 11.5 Å². The van der Waals surface area contributed by atoms with Gasteiger partial charge >= 0.3 is 0 Å². The molecule has 0 amide bonds. The zero-order valence-electron chi connectivity index (χ0n) is 9.43. The van der Waals surface area contributed by atoms with Crippen molar-refractivity contribution in [3.05, 3.63) is 23.3 Å². The van der Waals surface area contributed by atoms with Crippen molar-refractivity contribution in [1.82, 2.24) is 0 Å². The average Bonchev–Trinajstić information content (AvgIpc) is 2.73. The summed E-state index contributed by atoms with van der Waals surface area (Å²) in [6, 6.07) is 3.80. The van der Waals surface area contributed by atoms with Crippen molar-refractivity contribution in [2.24, 2.45) is 5.16 Å². The third-order valence-electron chi connectivity index (χ3n) is 3.04. The first-order valence-corrected chi connectivity index (χ1v) is 5.23. The van der Waals surface area contributed by atoms with Gasteiger partial charge in [0, 0.05) is 17.0 Å². The highest BCUT2D eigenvalue weighted by molar-refractivity contribution is 5.73. The number of rotatable bonds is 3. The Kier molecular flexibility index (Phi) is 2.99. The van der Waals surface area contributed by atoms with E-state index in [1.807, 2.05) is 12.1 Å². The third kappa shape index (κ3) is 1.60. The zero-order valence-corrected chi connectivity index (χ0v) is 9.43. The minimum atomic E-state index is 0.116. The molecule has 0 saturated carbocycles. The monoisotopic (exact) mass is 221 g/mol. The molecule has 0 spiro atoms. The lowest BCUT2D eigenvalue weighted by molar-refractivity contribution is 0.319. The van der Waals surface area contributed by atoms with Crippen molar-refractivity contribution in [3.63, 3.8) is 0 Å². The molecule has 1 aliphatic carbocycles. The van der Waals surface area contributed by atoms with E-state index < -0.39 is 0 Å². The molecular weight excluding hydrogens is 206 g/mol. The van der Waals surface area contributed by atoms with E-state index in [4.69, 9.17) is 14.7 Å². The Labute approximate surface area is 94.5 Å². The van der Waals surface area contributed by atoms with Gasteiger partial charge in [-0.05, 0) is 25.0 Å². The van der Waals surface area contributed by atoms with Crippen LogP contribution >= 0.6 is 0 Å². The Bertz CT molecular complexity index is 415. The molecular formula is C12H15NO3. The van der Waals surface area contributed by atoms with Gasteiger partial charge in [-0.2, -0.15) is 0 Å². The van der Waals surface area contributed by atoms with Crippen molar-refractivity contribution in [1.29, 1.82) is 0 Å². The highest BCUT2D eigenvalue weighted by Gasteiger charge is 2.27. The molecule has 4 nitrogen and oxygen atoms in total. The van der Waals surface area contributed by atoms with Crippen LogP contribution in [-0.2, 0) is 6.42 Å². The molecule has 1 aromatic carbocycles. The summed E-state index contributed by atoms with van der Waals surface area (Å²) >= 11 is 0. The molecule has 1 unspecified atom stereocenters. The lowest BCUT2D eigenvalue weighted by Crippen LogP contribution is -2.00. The van der Waals surface area contributed by atoms with Gasteiger partial charge in [0.25, 0.3) is 0 Å². The van der Waals surface area contributed by atoms with Gasteiger partial charge in [0.1, 0.15) is 11.5 Å². The van der Waals surface area contributed by atoms with Gasteiger partial charge in [0.2, 0.25) is 0 Å². The fourth-order valence-corrected chi connectivity index (χ4v) is 2.33. The average molecular weight is 221 g/mol. The SMILES string of the molecule is COc1ccc(OC)c2c1CCC2C=NO. The summed E-state index contributed by atoms with van der Waals surface area (Å²) in [5.74, 6) is 1.83. The van der Waals surface area contributed by atoms with Gasteiger partial charge in [-0.25, -0.2) is 0 Å². The molecule has 1 N–H and O–H groups in total. The minimum absolute atomic E-state index is 0.116. The van der Waals surface area contributed by atoms with Crippen molar-refractivity contribution in [2.75, 3.05) is 14.2 Å². The van der Waals surface area contributed by atoms with E-state index in [1.165, 1.54) is 0 Å². The first kappa shape index (κ1) is 10.8. The molecule has 1 atom stereocenters. The number of nitrogens with zero attached hydrogens (tertiary/aromatic N) is 1. The number of hydrogen-bond donors (Lipinski definition) is 1. The van der Waals surface area contributed by atoms with E-state index in [9.17, 15) is 0 Å². The van der Waals surface area contributed by atoms with Crippen LogP contribution in [0.25, 0.3) is 0 Å². The topological polar surface area (TPSA) is 51.0 Å². The summed E-state index contributed by atoms with van der Waals surface area (Å²) in [6.45, 7) is 0. The molecule has 86 valence electrons. The van der Waals surface area contributed by atoms with Gasteiger partial charge in [0.05, 0.1) is 20.4 Å². The molecule has 1 aromatic rings. The number of oxime groups is 1. The number of benzene rings is 1. The second-order valence-electron chi connectivity index (χ2n) is 3.77. The van der Waals surface area contributed by atoms with Crippen LogP contribution in [0.5, 0.6) is 11.5 Å². The summed E-state index contributed by atoms with van der Waals surface area (Å²) in [4.78, 5) is 0. The van der Waals surface area contributed by atoms with Crippen LogP contribution in [0.15, 0.2) is 17.3 Å². The van der Waals surface area contributed by atoms with Gasteiger partial charge in [-0.3, -0.25) is 0 Å². The molecule has 0 heterocycles. The number of hydrogen-bond acceptors (Lipinski definition) is 4. The highest BCUT2D eigenvalue weighted by atomic mass is 16.5. The molecule has 4 heteroatoms. The summed E-state index contributed by atoms with van der Waals surface area (Å²) < 4.78 is 10.7. The lowest BCUT2D eigenvalue weighted by Gasteiger charge is -2.13. The predicted octanol–water partition coefficient (Wildman–Crippen LogP) is 2.19. The van der Waals surface area contributed by atoms with Crippen LogP contribution in [0.3, 0.4) is 0 Å². The molecule has 1 aliphatic rings. The fourth-order valence-electron chi connectivity index (χ4n) is 2.33. The van der Waals surface area contributed by atoms with Crippen LogP contribution in [0.2, 0.25) is 0 Å².